The van der Waals surface area contributed by atoms with Crippen LogP contribution in [0.15, 0.2) is 114 Å². The van der Waals surface area contributed by atoms with Gasteiger partial charge in [-0.3, -0.25) is 24.5 Å². The Labute approximate surface area is 426 Å². The molecule has 2 aromatic heterocycles. The van der Waals surface area contributed by atoms with Gasteiger partial charge in [0.1, 0.15) is 46.9 Å². The van der Waals surface area contributed by atoms with E-state index in [0.29, 0.717) is 94.6 Å². The first-order chi connectivity index (χ1) is 35.7. The molecule has 2 aliphatic rings. The van der Waals surface area contributed by atoms with Gasteiger partial charge in [0.05, 0.1) is 57.4 Å². The topological polar surface area (TPSA) is 185 Å². The Hall–Kier alpha value is -7.30. The highest BCUT2D eigenvalue weighted by atomic mass is 32.2. The fraction of sp³-hybridized carbons (Fsp3) is 0.321. The number of aryl methyl sites for hydroxylation is 2. The fourth-order valence-corrected chi connectivity index (χ4v) is 9.31. The minimum atomic E-state index is -5.06. The quantitative estimate of drug-likeness (QED) is 0.0855. The number of halogens is 3. The molecule has 2 N–H and O–H groups in total. The van der Waals surface area contributed by atoms with Crippen LogP contribution in [0.2, 0.25) is 0 Å². The lowest BCUT2D eigenvalue weighted by Crippen LogP contribution is -2.38. The highest BCUT2D eigenvalue weighted by molar-refractivity contribution is 7.92. The molecule has 4 heterocycles. The van der Waals surface area contributed by atoms with Gasteiger partial charge in [-0.2, -0.15) is 0 Å². The van der Waals surface area contributed by atoms with Crippen LogP contribution in [0.3, 0.4) is 0 Å². The molecule has 0 spiro atoms. The molecule has 9 rings (SSSR count). The van der Waals surface area contributed by atoms with Gasteiger partial charge >= 0.3 is 6.36 Å². The Morgan fingerprint density at radius 1 is 0.622 bits per heavy atom. The van der Waals surface area contributed by atoms with Crippen LogP contribution in [0, 0.1) is 13.8 Å². The molecule has 2 saturated heterocycles. The van der Waals surface area contributed by atoms with Gasteiger partial charge in [0.25, 0.3) is 10.0 Å². The number of nitrogens with one attached hydrogen (secondary N) is 2. The van der Waals surface area contributed by atoms with Crippen LogP contribution in [0.1, 0.15) is 11.1 Å². The largest absolute Gasteiger partial charge is 0.699 e. The third-order valence-electron chi connectivity index (χ3n) is 12.0. The summed E-state index contributed by atoms with van der Waals surface area (Å²) in [7, 11) is -1.25. The maximum atomic E-state index is 13.0. The van der Waals surface area contributed by atoms with Crippen molar-refractivity contribution in [1.82, 2.24) is 19.8 Å². The summed E-state index contributed by atoms with van der Waals surface area (Å²) >= 11 is 0. The summed E-state index contributed by atoms with van der Waals surface area (Å²) in [6.07, 6.45) is -1.75. The first kappa shape index (κ1) is 53.0. The first-order valence-electron chi connectivity index (χ1n) is 23.6. The maximum Gasteiger partial charge on any atom is 0.573 e. The Morgan fingerprint density at radius 3 is 1.61 bits per heavy atom. The van der Waals surface area contributed by atoms with E-state index in [-0.39, 0.29) is 5.69 Å². The molecule has 2 fully saturated rings. The van der Waals surface area contributed by atoms with Crippen molar-refractivity contribution in [2.45, 2.75) is 25.1 Å². The molecule has 0 unspecified atom stereocenters. The van der Waals surface area contributed by atoms with Gasteiger partial charge in [-0.15, -0.1) is 18.9 Å². The fourth-order valence-electron chi connectivity index (χ4n) is 8.05. The first-order valence-corrected chi connectivity index (χ1v) is 25.1. The van der Waals surface area contributed by atoms with E-state index in [4.69, 9.17) is 43.6 Å². The van der Waals surface area contributed by atoms with Crippen LogP contribution in [-0.4, -0.2) is 128 Å². The SMILES string of the molecule is COc1cc2c(Oc3ccc(NS(=O)(=O)c4ccccc4OC(F)(F)F)c(C)c3)ccnc2cc1OCCN1CCOCC1.COc1cc2c(Oc3ccc([NH-])c(C)c3)ccnc2cc1OCCN1CCOCC1. The Morgan fingerprint density at radius 2 is 1.12 bits per heavy atom. The summed E-state index contributed by atoms with van der Waals surface area (Å²) < 4.78 is 117. The number of alkyl halides is 3. The highest BCUT2D eigenvalue weighted by Crippen LogP contribution is 2.40. The average Bonchev–Trinajstić information content (AvgIpc) is 3.38. The van der Waals surface area contributed by atoms with Crippen molar-refractivity contribution >= 4 is 43.2 Å². The number of rotatable bonds is 18. The van der Waals surface area contributed by atoms with E-state index in [9.17, 15) is 21.6 Å². The average molecular weight is 1040 g/mol. The number of fused-ring (bicyclic) bond motifs is 2. The van der Waals surface area contributed by atoms with Crippen LogP contribution >= 0.6 is 0 Å². The summed E-state index contributed by atoms with van der Waals surface area (Å²) in [5.41, 5.74) is 11.2. The monoisotopic (exact) mass is 1040 g/mol. The molecule has 17 nitrogen and oxygen atoms in total. The molecule has 0 saturated carbocycles. The second kappa shape index (κ2) is 24.2. The maximum absolute atomic E-state index is 13.0. The molecular formula is C53H56F3N6O11S-. The zero-order chi connectivity index (χ0) is 52.2. The molecule has 0 aliphatic carbocycles. The van der Waals surface area contributed by atoms with Crippen molar-refractivity contribution < 1.29 is 64.2 Å². The summed E-state index contributed by atoms with van der Waals surface area (Å²) in [5, 5.41) is 1.50. The molecular weight excluding hydrogens is 986 g/mol. The molecule has 0 bridgehead atoms. The van der Waals surface area contributed by atoms with Gasteiger partial charge in [-0.05, 0) is 86.1 Å². The van der Waals surface area contributed by atoms with E-state index in [1.165, 1.54) is 24.3 Å². The van der Waals surface area contributed by atoms with Crippen LogP contribution in [0.4, 0.5) is 24.5 Å². The van der Waals surface area contributed by atoms with Crippen LogP contribution in [0.25, 0.3) is 27.5 Å². The van der Waals surface area contributed by atoms with Gasteiger partial charge in [0.2, 0.25) is 0 Å². The van der Waals surface area contributed by atoms with Crippen molar-refractivity contribution in [3.63, 3.8) is 0 Å². The number of morpholine rings is 2. The number of hydrogen-bond acceptors (Lipinski definition) is 15. The number of aromatic nitrogens is 2. The second-order valence-corrected chi connectivity index (χ2v) is 18.7. The number of benzene rings is 5. The lowest BCUT2D eigenvalue weighted by atomic mass is 10.1. The van der Waals surface area contributed by atoms with Gasteiger partial charge in [-0.25, -0.2) is 8.42 Å². The van der Waals surface area contributed by atoms with E-state index in [1.807, 2.05) is 31.2 Å². The number of nitrogens with zero attached hydrogens (tertiary/aromatic N) is 4. The van der Waals surface area contributed by atoms with E-state index >= 15 is 0 Å². The van der Waals surface area contributed by atoms with Crippen molar-refractivity contribution in [3.8, 4) is 51.7 Å². The molecule has 0 atom stereocenters. The molecule has 0 radical (unpaired) electrons. The van der Waals surface area contributed by atoms with Gasteiger partial charge in [-0.1, -0.05) is 23.8 Å². The molecule has 5 aromatic carbocycles. The second-order valence-electron chi connectivity index (χ2n) is 17.0. The smallest absolute Gasteiger partial charge is 0.573 e. The Bertz CT molecular complexity index is 3160. The number of anilines is 1. The van der Waals surface area contributed by atoms with Gasteiger partial charge < -0.3 is 48.4 Å². The summed E-state index contributed by atoms with van der Waals surface area (Å²) in [6.45, 7) is 12.7. The summed E-state index contributed by atoms with van der Waals surface area (Å²) in [5.74, 6) is 3.74. The summed E-state index contributed by atoms with van der Waals surface area (Å²) in [4.78, 5) is 12.9. The van der Waals surface area contributed by atoms with Crippen molar-refractivity contribution in [2.75, 3.05) is 97.9 Å². The van der Waals surface area contributed by atoms with Gasteiger partial charge in [0, 0.05) is 74.6 Å². The molecule has 392 valence electrons. The third kappa shape index (κ3) is 13.8. The summed E-state index contributed by atoms with van der Waals surface area (Å²) in [6, 6.07) is 25.3. The minimum absolute atomic E-state index is 0.152. The third-order valence-corrected chi connectivity index (χ3v) is 13.4. The number of ether oxygens (including phenoxy) is 9. The number of sulfonamides is 1. The lowest BCUT2D eigenvalue weighted by Gasteiger charge is -2.26. The molecule has 0 amide bonds. The van der Waals surface area contributed by atoms with Crippen LogP contribution in [-0.2, 0) is 19.5 Å². The lowest BCUT2D eigenvalue weighted by molar-refractivity contribution is -0.275. The minimum Gasteiger partial charge on any atom is -0.699 e. The standard InChI is InChI=1S/C30H30F3N3O7S.C23H26N3O4/c1-20-17-21(7-8-23(20)35-44(37,38)29-6-4-3-5-26(29)43-30(31,32)33)42-25-9-10-34-24-19-28(27(39-2)18-22(24)25)41-16-13-36-11-14-40-15-12-36;1-16-13-17(3-4-19(16)24)30-21-5-6-25-20-15-23(22(27-2)14-18(20)21)29-12-9-26-7-10-28-11-8-26/h3-10,17-19,35H,11-16H2,1-2H3;3-6,13-15,24H,7-12H2,1-2H3/q;-1. The number of pyridine rings is 2. The number of methoxy groups -OCH3 is 2. The molecule has 7 aromatic rings. The Kier molecular flexibility index (Phi) is 17.3. The van der Waals surface area contributed by atoms with Crippen molar-refractivity contribution in [1.29, 1.82) is 0 Å². The van der Waals surface area contributed by atoms with E-state index in [1.54, 1.807) is 69.9 Å². The predicted molar refractivity (Wildman–Crippen MR) is 273 cm³/mol. The van der Waals surface area contributed by atoms with Crippen LogP contribution in [0.5, 0.6) is 51.7 Å². The Balaban J connectivity index is 0.000000211. The highest BCUT2D eigenvalue weighted by Gasteiger charge is 2.34. The van der Waals surface area contributed by atoms with E-state index < -0.39 is 27.0 Å². The zero-order valence-corrected chi connectivity index (χ0v) is 42.0. The van der Waals surface area contributed by atoms with Crippen molar-refractivity contribution in [3.05, 3.63) is 126 Å². The van der Waals surface area contributed by atoms with Crippen LogP contribution < -0.4 is 37.9 Å². The predicted octanol–water partition coefficient (Wildman–Crippen LogP) is 10.5. The zero-order valence-electron chi connectivity index (χ0n) is 41.2. The van der Waals surface area contributed by atoms with E-state index in [2.05, 4.69) is 29.2 Å². The van der Waals surface area contributed by atoms with Crippen molar-refractivity contribution in [2.24, 2.45) is 0 Å². The molecule has 21 heteroatoms. The normalized spacial score (nSPS) is 14.4. The number of hydrogen-bond donors (Lipinski definition) is 1. The van der Waals surface area contributed by atoms with Gasteiger partial charge in [0.15, 0.2) is 23.0 Å². The molecule has 74 heavy (non-hydrogen) atoms. The van der Waals surface area contributed by atoms with E-state index in [0.717, 1.165) is 81.1 Å². The number of para-hydroxylation sites is 1. The molecule has 2 aliphatic heterocycles.